The standard InChI is InChI=1S/C17H18N4O3/c22-15(19-10-12-4-3-9-24-12)11-21-13-5-1-7-18-16(13)20-8-2-6-14(20)17(21)23/h1,3-5,7,9,14H,2,6,8,10-11H2,(H,19,22)/t14-/m0/s1. The van der Waals surface area contributed by atoms with Gasteiger partial charge in [-0.25, -0.2) is 4.98 Å². The first kappa shape index (κ1) is 14.7. The number of rotatable bonds is 4. The van der Waals surface area contributed by atoms with Crippen LogP contribution in [-0.2, 0) is 16.1 Å². The van der Waals surface area contributed by atoms with Crippen molar-refractivity contribution in [3.8, 4) is 0 Å². The summed E-state index contributed by atoms with van der Waals surface area (Å²) in [5.41, 5.74) is 0.703. The third-order valence-corrected chi connectivity index (χ3v) is 4.47. The summed E-state index contributed by atoms with van der Waals surface area (Å²) in [4.78, 5) is 33.1. The average molecular weight is 326 g/mol. The van der Waals surface area contributed by atoms with Gasteiger partial charge in [-0.15, -0.1) is 0 Å². The topological polar surface area (TPSA) is 78.7 Å². The van der Waals surface area contributed by atoms with Crippen LogP contribution in [0.25, 0.3) is 0 Å². The zero-order valence-electron chi connectivity index (χ0n) is 13.1. The van der Waals surface area contributed by atoms with Gasteiger partial charge in [0.1, 0.15) is 18.3 Å². The third kappa shape index (κ3) is 2.51. The van der Waals surface area contributed by atoms with Gasteiger partial charge in [0, 0.05) is 12.7 Å². The molecule has 1 N–H and O–H groups in total. The maximum absolute atomic E-state index is 12.8. The first-order valence-corrected chi connectivity index (χ1v) is 8.06. The van der Waals surface area contributed by atoms with E-state index in [4.69, 9.17) is 4.42 Å². The quantitative estimate of drug-likeness (QED) is 0.916. The van der Waals surface area contributed by atoms with E-state index >= 15 is 0 Å². The molecule has 0 bridgehead atoms. The van der Waals surface area contributed by atoms with Crippen LogP contribution in [0.2, 0.25) is 0 Å². The van der Waals surface area contributed by atoms with Crippen molar-refractivity contribution in [3.05, 3.63) is 42.5 Å². The van der Waals surface area contributed by atoms with E-state index in [-0.39, 0.29) is 24.4 Å². The Morgan fingerprint density at radius 2 is 2.29 bits per heavy atom. The lowest BCUT2D eigenvalue weighted by Crippen LogP contribution is -2.53. The van der Waals surface area contributed by atoms with E-state index in [2.05, 4.69) is 15.2 Å². The number of amides is 2. The fourth-order valence-electron chi connectivity index (χ4n) is 3.36. The molecule has 2 aliphatic rings. The third-order valence-electron chi connectivity index (χ3n) is 4.47. The number of hydrogen-bond donors (Lipinski definition) is 1. The summed E-state index contributed by atoms with van der Waals surface area (Å²) in [7, 11) is 0. The summed E-state index contributed by atoms with van der Waals surface area (Å²) in [5, 5.41) is 2.78. The lowest BCUT2D eigenvalue weighted by Gasteiger charge is -2.38. The predicted molar refractivity (Wildman–Crippen MR) is 87.5 cm³/mol. The predicted octanol–water partition coefficient (Wildman–Crippen LogP) is 1.31. The van der Waals surface area contributed by atoms with Crippen LogP contribution in [0.1, 0.15) is 18.6 Å². The zero-order valence-corrected chi connectivity index (χ0v) is 13.1. The number of nitrogens with one attached hydrogen (secondary N) is 1. The van der Waals surface area contributed by atoms with Crippen molar-refractivity contribution in [2.75, 3.05) is 22.9 Å². The van der Waals surface area contributed by atoms with Gasteiger partial charge in [0.05, 0.1) is 18.5 Å². The maximum Gasteiger partial charge on any atom is 0.250 e. The second kappa shape index (κ2) is 5.99. The molecule has 1 fully saturated rings. The Morgan fingerprint density at radius 1 is 1.38 bits per heavy atom. The number of aromatic nitrogens is 1. The van der Waals surface area contributed by atoms with Crippen LogP contribution in [0.4, 0.5) is 11.5 Å². The molecule has 124 valence electrons. The molecule has 2 aromatic heterocycles. The minimum absolute atomic E-state index is 0.0113. The molecule has 1 saturated heterocycles. The molecule has 0 aromatic carbocycles. The Hall–Kier alpha value is -2.83. The summed E-state index contributed by atoms with van der Waals surface area (Å²) >= 11 is 0. The number of carbonyl (C=O) groups is 2. The number of fused-ring (bicyclic) bond motifs is 3. The number of hydrogen-bond acceptors (Lipinski definition) is 5. The molecule has 0 radical (unpaired) electrons. The molecule has 7 heteroatoms. The smallest absolute Gasteiger partial charge is 0.250 e. The van der Waals surface area contributed by atoms with Crippen molar-refractivity contribution in [2.24, 2.45) is 0 Å². The van der Waals surface area contributed by atoms with Gasteiger partial charge in [-0.05, 0) is 37.1 Å². The number of furan rings is 1. The fourth-order valence-corrected chi connectivity index (χ4v) is 3.36. The van der Waals surface area contributed by atoms with E-state index in [0.717, 1.165) is 25.2 Å². The van der Waals surface area contributed by atoms with E-state index < -0.39 is 0 Å². The van der Waals surface area contributed by atoms with Crippen LogP contribution < -0.4 is 15.1 Å². The fraction of sp³-hybridized carbons (Fsp3) is 0.353. The van der Waals surface area contributed by atoms with Gasteiger partial charge < -0.3 is 14.6 Å². The van der Waals surface area contributed by atoms with E-state index in [1.807, 2.05) is 6.07 Å². The van der Waals surface area contributed by atoms with Gasteiger partial charge in [0.25, 0.3) is 0 Å². The van der Waals surface area contributed by atoms with Crippen molar-refractivity contribution in [1.29, 1.82) is 0 Å². The lowest BCUT2D eigenvalue weighted by molar-refractivity contribution is -0.124. The summed E-state index contributed by atoms with van der Waals surface area (Å²) in [6.45, 7) is 1.13. The van der Waals surface area contributed by atoms with Crippen LogP contribution in [0.5, 0.6) is 0 Å². The second-order valence-electron chi connectivity index (χ2n) is 5.98. The number of nitrogens with zero attached hydrogens (tertiary/aromatic N) is 3. The van der Waals surface area contributed by atoms with Crippen LogP contribution in [0.15, 0.2) is 41.1 Å². The number of anilines is 2. The molecule has 0 saturated carbocycles. The van der Waals surface area contributed by atoms with Gasteiger partial charge in [-0.1, -0.05) is 0 Å². The molecule has 24 heavy (non-hydrogen) atoms. The first-order chi connectivity index (χ1) is 11.7. The molecular weight excluding hydrogens is 308 g/mol. The van der Waals surface area contributed by atoms with E-state index in [0.29, 0.717) is 18.0 Å². The van der Waals surface area contributed by atoms with Crippen molar-refractivity contribution in [1.82, 2.24) is 10.3 Å². The van der Waals surface area contributed by atoms with E-state index in [9.17, 15) is 9.59 Å². The van der Waals surface area contributed by atoms with Crippen molar-refractivity contribution in [2.45, 2.75) is 25.4 Å². The van der Waals surface area contributed by atoms with Crippen LogP contribution in [0, 0.1) is 0 Å². The van der Waals surface area contributed by atoms with Crippen LogP contribution in [0.3, 0.4) is 0 Å². The van der Waals surface area contributed by atoms with Crippen LogP contribution in [-0.4, -0.2) is 35.9 Å². The molecule has 0 spiro atoms. The normalized spacial score (nSPS) is 19.2. The number of carbonyl (C=O) groups excluding carboxylic acids is 2. The van der Waals surface area contributed by atoms with E-state index in [1.54, 1.807) is 35.6 Å². The van der Waals surface area contributed by atoms with Crippen molar-refractivity contribution in [3.63, 3.8) is 0 Å². The minimum atomic E-state index is -0.221. The Morgan fingerprint density at radius 3 is 3.12 bits per heavy atom. The molecule has 0 aliphatic carbocycles. The lowest BCUT2D eigenvalue weighted by atomic mass is 10.1. The highest BCUT2D eigenvalue weighted by Gasteiger charge is 2.41. The summed E-state index contributed by atoms with van der Waals surface area (Å²) in [6, 6.07) is 6.99. The van der Waals surface area contributed by atoms with Gasteiger partial charge in [0.15, 0.2) is 5.82 Å². The summed E-state index contributed by atoms with van der Waals surface area (Å²) < 4.78 is 5.20. The van der Waals surface area contributed by atoms with Gasteiger partial charge in [0.2, 0.25) is 11.8 Å². The van der Waals surface area contributed by atoms with Gasteiger partial charge in [-0.3, -0.25) is 14.5 Å². The SMILES string of the molecule is O=C(CN1C(=O)[C@@H]2CCCN2c2ncccc21)NCc1ccco1. The molecule has 2 amide bonds. The Kier molecular flexibility index (Phi) is 3.68. The van der Waals surface area contributed by atoms with Crippen LogP contribution >= 0.6 is 0 Å². The van der Waals surface area contributed by atoms with Gasteiger partial charge in [-0.2, -0.15) is 0 Å². The molecule has 2 aliphatic heterocycles. The summed E-state index contributed by atoms with van der Waals surface area (Å²) in [6.07, 6.45) is 5.05. The zero-order chi connectivity index (χ0) is 16.5. The average Bonchev–Trinajstić information content (AvgIpc) is 3.28. The first-order valence-electron chi connectivity index (χ1n) is 8.06. The van der Waals surface area contributed by atoms with Gasteiger partial charge >= 0.3 is 0 Å². The molecule has 0 unspecified atom stereocenters. The molecule has 1 atom stereocenters. The highest BCUT2D eigenvalue weighted by Crippen LogP contribution is 2.37. The number of pyridine rings is 1. The molecule has 4 heterocycles. The Balaban J connectivity index is 1.52. The molecule has 4 rings (SSSR count). The minimum Gasteiger partial charge on any atom is -0.467 e. The molecule has 2 aromatic rings. The second-order valence-corrected chi connectivity index (χ2v) is 5.98. The molecular formula is C17H18N4O3. The van der Waals surface area contributed by atoms with Crippen molar-refractivity contribution < 1.29 is 14.0 Å². The van der Waals surface area contributed by atoms with Crippen molar-refractivity contribution >= 4 is 23.3 Å². The summed E-state index contributed by atoms with van der Waals surface area (Å²) in [5.74, 6) is 1.22. The maximum atomic E-state index is 12.8. The highest BCUT2D eigenvalue weighted by molar-refractivity contribution is 6.07. The Bertz CT molecular complexity index is 759. The molecule has 7 nitrogen and oxygen atoms in total. The Labute approximate surface area is 139 Å². The monoisotopic (exact) mass is 326 g/mol. The highest BCUT2D eigenvalue weighted by atomic mass is 16.3. The van der Waals surface area contributed by atoms with E-state index in [1.165, 1.54) is 0 Å². The largest absolute Gasteiger partial charge is 0.467 e.